The Labute approximate surface area is 107 Å². The second kappa shape index (κ2) is 6.05. The summed E-state index contributed by atoms with van der Waals surface area (Å²) in [6.45, 7) is 2.00. The van der Waals surface area contributed by atoms with Gasteiger partial charge in [0.2, 0.25) is 5.91 Å². The van der Waals surface area contributed by atoms with Gasteiger partial charge in [-0.2, -0.15) is 0 Å². The normalized spacial score (nSPS) is 12.1. The minimum absolute atomic E-state index is 0.0577. The van der Waals surface area contributed by atoms with Gasteiger partial charge >= 0.3 is 0 Å². The van der Waals surface area contributed by atoms with Crippen LogP contribution in [0.15, 0.2) is 48.7 Å². The van der Waals surface area contributed by atoms with E-state index < -0.39 is 0 Å². The topological polar surface area (TPSA) is 44.9 Å². The lowest BCUT2D eigenvalue weighted by atomic mass is 10.1. The van der Waals surface area contributed by atoms with E-state index in [-0.39, 0.29) is 11.9 Å². The Morgan fingerprint density at radius 2 is 2.00 bits per heavy atom. The molecule has 0 aliphatic rings. The van der Waals surface area contributed by atoms with Gasteiger partial charge in [-0.3, -0.25) is 4.79 Å². The number of hydrogen-bond donors (Lipinski definition) is 2. The van der Waals surface area contributed by atoms with E-state index in [9.17, 15) is 4.79 Å². The van der Waals surface area contributed by atoms with Crippen LogP contribution in [0, 0.1) is 0 Å². The van der Waals surface area contributed by atoms with Crippen molar-refractivity contribution in [1.29, 1.82) is 0 Å². The fourth-order valence-electron chi connectivity index (χ4n) is 1.91. The SMILES string of the molecule is CC(NC(=O)CCc1ccc[nH]1)c1ccccc1. The molecule has 0 aliphatic heterocycles. The lowest BCUT2D eigenvalue weighted by Gasteiger charge is -2.14. The number of carbonyl (C=O) groups excluding carboxylic acids is 1. The van der Waals surface area contributed by atoms with Gasteiger partial charge in [0.05, 0.1) is 6.04 Å². The van der Waals surface area contributed by atoms with Crippen LogP contribution in [0.25, 0.3) is 0 Å². The molecule has 2 aromatic rings. The predicted molar refractivity (Wildman–Crippen MR) is 72.1 cm³/mol. The van der Waals surface area contributed by atoms with Gasteiger partial charge in [-0.25, -0.2) is 0 Å². The first-order valence-corrected chi connectivity index (χ1v) is 6.22. The van der Waals surface area contributed by atoms with E-state index in [0.717, 1.165) is 17.7 Å². The Morgan fingerprint density at radius 1 is 1.22 bits per heavy atom. The van der Waals surface area contributed by atoms with Crippen LogP contribution in [0.5, 0.6) is 0 Å². The Hall–Kier alpha value is -2.03. The van der Waals surface area contributed by atoms with Gasteiger partial charge in [0.1, 0.15) is 0 Å². The summed E-state index contributed by atoms with van der Waals surface area (Å²) in [5.74, 6) is 0.0842. The Morgan fingerprint density at radius 3 is 2.67 bits per heavy atom. The second-order valence-electron chi connectivity index (χ2n) is 4.40. The molecule has 0 saturated carbocycles. The molecule has 1 atom stereocenters. The lowest BCUT2D eigenvalue weighted by molar-refractivity contribution is -0.121. The molecule has 3 nitrogen and oxygen atoms in total. The maximum atomic E-state index is 11.8. The van der Waals surface area contributed by atoms with Crippen LogP contribution in [-0.2, 0) is 11.2 Å². The molecule has 1 aromatic carbocycles. The number of carbonyl (C=O) groups is 1. The van der Waals surface area contributed by atoms with Crippen molar-refractivity contribution in [2.24, 2.45) is 0 Å². The highest BCUT2D eigenvalue weighted by atomic mass is 16.1. The summed E-state index contributed by atoms with van der Waals surface area (Å²) in [5, 5.41) is 3.01. The van der Waals surface area contributed by atoms with Crippen LogP contribution in [0.2, 0.25) is 0 Å². The molecule has 0 fully saturated rings. The van der Waals surface area contributed by atoms with Gasteiger partial charge in [-0.15, -0.1) is 0 Å². The van der Waals surface area contributed by atoms with Gasteiger partial charge < -0.3 is 10.3 Å². The first-order valence-electron chi connectivity index (χ1n) is 6.22. The highest BCUT2D eigenvalue weighted by Crippen LogP contribution is 2.11. The average molecular weight is 242 g/mol. The zero-order chi connectivity index (χ0) is 12.8. The summed E-state index contributed by atoms with van der Waals surface area (Å²) in [5.41, 5.74) is 2.23. The van der Waals surface area contributed by atoms with E-state index in [4.69, 9.17) is 0 Å². The van der Waals surface area contributed by atoms with Gasteiger partial charge in [-0.1, -0.05) is 30.3 Å². The Kier molecular flexibility index (Phi) is 4.18. The molecule has 18 heavy (non-hydrogen) atoms. The molecule has 0 saturated heterocycles. The molecule has 2 N–H and O–H groups in total. The number of aromatic nitrogens is 1. The number of rotatable bonds is 5. The van der Waals surface area contributed by atoms with Crippen LogP contribution in [0.4, 0.5) is 0 Å². The predicted octanol–water partition coefficient (Wildman–Crippen LogP) is 2.82. The number of aryl methyl sites for hydroxylation is 1. The van der Waals surface area contributed by atoms with E-state index in [2.05, 4.69) is 10.3 Å². The van der Waals surface area contributed by atoms with Crippen molar-refractivity contribution >= 4 is 5.91 Å². The lowest BCUT2D eigenvalue weighted by Crippen LogP contribution is -2.26. The highest BCUT2D eigenvalue weighted by Gasteiger charge is 2.09. The van der Waals surface area contributed by atoms with Crippen molar-refractivity contribution in [1.82, 2.24) is 10.3 Å². The number of amides is 1. The Bertz CT molecular complexity index is 476. The van der Waals surface area contributed by atoms with Crippen molar-refractivity contribution in [2.45, 2.75) is 25.8 Å². The fourth-order valence-corrected chi connectivity index (χ4v) is 1.91. The molecule has 1 amide bonds. The number of H-pyrrole nitrogens is 1. The van der Waals surface area contributed by atoms with Crippen molar-refractivity contribution < 1.29 is 4.79 Å². The minimum Gasteiger partial charge on any atom is -0.365 e. The van der Waals surface area contributed by atoms with E-state index in [1.54, 1.807) is 0 Å². The van der Waals surface area contributed by atoms with Gasteiger partial charge in [0.15, 0.2) is 0 Å². The number of benzene rings is 1. The largest absolute Gasteiger partial charge is 0.365 e. The Balaban J connectivity index is 1.80. The molecule has 94 valence electrons. The molecule has 1 heterocycles. The molecule has 0 radical (unpaired) electrons. The summed E-state index contributed by atoms with van der Waals surface area (Å²) in [4.78, 5) is 14.9. The fraction of sp³-hybridized carbons (Fsp3) is 0.267. The van der Waals surface area contributed by atoms with Crippen molar-refractivity contribution in [2.75, 3.05) is 0 Å². The van der Waals surface area contributed by atoms with Crippen LogP contribution in [0.3, 0.4) is 0 Å². The van der Waals surface area contributed by atoms with Crippen LogP contribution >= 0.6 is 0 Å². The molecule has 0 aliphatic carbocycles. The maximum absolute atomic E-state index is 11.8. The highest BCUT2D eigenvalue weighted by molar-refractivity contribution is 5.76. The molecular formula is C15H18N2O. The molecule has 3 heteroatoms. The van der Waals surface area contributed by atoms with Gasteiger partial charge in [0, 0.05) is 18.3 Å². The standard InChI is InChI=1S/C15H18N2O/c1-12(13-6-3-2-4-7-13)17-15(18)10-9-14-8-5-11-16-14/h2-8,11-12,16H,9-10H2,1H3,(H,17,18). The van der Waals surface area contributed by atoms with E-state index >= 15 is 0 Å². The first kappa shape index (κ1) is 12.4. The first-order chi connectivity index (χ1) is 8.75. The van der Waals surface area contributed by atoms with Gasteiger partial charge in [-0.05, 0) is 31.0 Å². The second-order valence-corrected chi connectivity index (χ2v) is 4.40. The minimum atomic E-state index is 0.0577. The van der Waals surface area contributed by atoms with E-state index in [1.807, 2.05) is 55.6 Å². The van der Waals surface area contributed by atoms with Crippen molar-refractivity contribution in [3.05, 3.63) is 59.9 Å². The van der Waals surface area contributed by atoms with Crippen molar-refractivity contribution in [3.8, 4) is 0 Å². The third-order valence-electron chi connectivity index (χ3n) is 2.96. The summed E-state index contributed by atoms with van der Waals surface area (Å²) >= 11 is 0. The third-order valence-corrected chi connectivity index (χ3v) is 2.96. The van der Waals surface area contributed by atoms with Crippen molar-refractivity contribution in [3.63, 3.8) is 0 Å². The average Bonchev–Trinajstić information content (AvgIpc) is 2.90. The summed E-state index contributed by atoms with van der Waals surface area (Å²) in [6, 6.07) is 14.0. The number of hydrogen-bond acceptors (Lipinski definition) is 1. The molecule has 1 unspecified atom stereocenters. The van der Waals surface area contributed by atoms with Crippen LogP contribution in [-0.4, -0.2) is 10.9 Å². The summed E-state index contributed by atoms with van der Waals surface area (Å²) in [7, 11) is 0. The molecule has 0 spiro atoms. The number of aromatic amines is 1. The maximum Gasteiger partial charge on any atom is 0.220 e. The van der Waals surface area contributed by atoms with Crippen LogP contribution in [0.1, 0.15) is 30.6 Å². The third kappa shape index (κ3) is 3.48. The van der Waals surface area contributed by atoms with Gasteiger partial charge in [0.25, 0.3) is 0 Å². The van der Waals surface area contributed by atoms with E-state index in [1.165, 1.54) is 0 Å². The molecule has 0 bridgehead atoms. The monoisotopic (exact) mass is 242 g/mol. The molecular weight excluding hydrogens is 224 g/mol. The number of nitrogens with one attached hydrogen (secondary N) is 2. The zero-order valence-corrected chi connectivity index (χ0v) is 10.5. The molecule has 2 rings (SSSR count). The smallest absolute Gasteiger partial charge is 0.220 e. The summed E-state index contributed by atoms with van der Waals surface area (Å²) < 4.78 is 0. The zero-order valence-electron chi connectivity index (χ0n) is 10.5. The van der Waals surface area contributed by atoms with E-state index in [0.29, 0.717) is 6.42 Å². The molecule has 1 aromatic heterocycles. The summed E-state index contributed by atoms with van der Waals surface area (Å²) in [6.07, 6.45) is 3.14. The van der Waals surface area contributed by atoms with Crippen LogP contribution < -0.4 is 5.32 Å². The quantitative estimate of drug-likeness (QED) is 0.832.